The molecule has 0 atom stereocenters. The van der Waals surface area contributed by atoms with E-state index < -0.39 is 0 Å². The number of nitrogens with zero attached hydrogens (tertiary/aromatic N) is 1. The minimum absolute atomic E-state index is 0.952. The van der Waals surface area contributed by atoms with Crippen molar-refractivity contribution >= 4 is 27.3 Å². The molecular weight excluding hydrogens is 354 g/mol. The van der Waals surface area contributed by atoms with Crippen LogP contribution in [0.4, 0.5) is 0 Å². The molecule has 0 bridgehead atoms. The van der Waals surface area contributed by atoms with E-state index in [2.05, 4.69) is 92.9 Å². The molecule has 0 unspecified atom stereocenters. The minimum atomic E-state index is 0.952. The highest BCUT2D eigenvalue weighted by molar-refractivity contribution is 9.11. The van der Waals surface area contributed by atoms with Crippen molar-refractivity contribution in [3.63, 3.8) is 0 Å². The van der Waals surface area contributed by atoms with Gasteiger partial charge in [0.15, 0.2) is 0 Å². The number of thiophene rings is 1. The minimum Gasteiger partial charge on any atom is -0.291 e. The fraction of sp³-hybridized carbons (Fsp3) is 0.158. The van der Waals surface area contributed by atoms with E-state index >= 15 is 0 Å². The number of hydrogen-bond donors (Lipinski definition) is 0. The smallest absolute Gasteiger partial charge is 0.0743 e. The van der Waals surface area contributed by atoms with E-state index in [1.165, 1.54) is 20.5 Å². The fourth-order valence-corrected chi connectivity index (χ4v) is 3.74. The summed E-state index contributed by atoms with van der Waals surface area (Å²) in [6.45, 7) is 2.86. The fourth-order valence-electron chi connectivity index (χ4n) is 2.52. The molecular formula is C19H18BrNS. The molecule has 0 aliphatic heterocycles. The second-order valence-electron chi connectivity index (χ2n) is 5.34. The van der Waals surface area contributed by atoms with Crippen LogP contribution >= 0.6 is 27.3 Å². The van der Waals surface area contributed by atoms with Crippen molar-refractivity contribution in [2.45, 2.75) is 19.6 Å². The Morgan fingerprint density at radius 2 is 1.27 bits per heavy atom. The Balaban J connectivity index is 1.77. The van der Waals surface area contributed by atoms with Crippen LogP contribution in [-0.4, -0.2) is 4.90 Å². The van der Waals surface area contributed by atoms with Crippen molar-refractivity contribution in [2.75, 3.05) is 0 Å². The van der Waals surface area contributed by atoms with Crippen LogP contribution in [0.2, 0.25) is 0 Å². The van der Waals surface area contributed by atoms with Crippen LogP contribution in [0.5, 0.6) is 0 Å². The first-order chi connectivity index (χ1) is 10.8. The molecule has 0 aliphatic rings. The van der Waals surface area contributed by atoms with Gasteiger partial charge in [0.05, 0.1) is 3.79 Å². The molecule has 0 saturated heterocycles. The van der Waals surface area contributed by atoms with E-state index in [0.29, 0.717) is 0 Å². The van der Waals surface area contributed by atoms with Crippen LogP contribution in [0.15, 0.2) is 75.9 Å². The SMILES string of the molecule is Brc1sccc1CN(Cc1ccccc1)Cc1ccccc1. The predicted octanol–water partition coefficient (Wildman–Crippen LogP) is 5.71. The van der Waals surface area contributed by atoms with Crippen LogP contribution in [0.1, 0.15) is 16.7 Å². The van der Waals surface area contributed by atoms with Crippen LogP contribution in [0, 0.1) is 0 Å². The highest BCUT2D eigenvalue weighted by atomic mass is 79.9. The molecule has 1 nitrogen and oxygen atoms in total. The van der Waals surface area contributed by atoms with Gasteiger partial charge in [-0.3, -0.25) is 4.90 Å². The van der Waals surface area contributed by atoms with E-state index in [4.69, 9.17) is 0 Å². The summed E-state index contributed by atoms with van der Waals surface area (Å²) in [4.78, 5) is 2.48. The first kappa shape index (κ1) is 15.5. The third-order valence-electron chi connectivity index (χ3n) is 3.59. The second kappa shape index (κ2) is 7.73. The molecule has 0 amide bonds. The molecule has 112 valence electrons. The van der Waals surface area contributed by atoms with Crippen molar-refractivity contribution in [2.24, 2.45) is 0 Å². The molecule has 1 heterocycles. The molecule has 3 aromatic rings. The third kappa shape index (κ3) is 4.29. The Bertz CT molecular complexity index is 652. The normalized spacial score (nSPS) is 11.0. The average Bonchev–Trinajstić information content (AvgIpc) is 2.94. The summed E-state index contributed by atoms with van der Waals surface area (Å²) in [5.74, 6) is 0. The molecule has 0 aliphatic carbocycles. The zero-order chi connectivity index (χ0) is 15.2. The van der Waals surface area contributed by atoms with Crippen molar-refractivity contribution < 1.29 is 0 Å². The molecule has 2 aromatic carbocycles. The topological polar surface area (TPSA) is 3.24 Å². The highest BCUT2D eigenvalue weighted by Crippen LogP contribution is 2.26. The average molecular weight is 372 g/mol. The molecule has 3 heteroatoms. The van der Waals surface area contributed by atoms with E-state index in [-0.39, 0.29) is 0 Å². The van der Waals surface area contributed by atoms with Gasteiger partial charge in [-0.1, -0.05) is 60.7 Å². The lowest BCUT2D eigenvalue weighted by molar-refractivity contribution is 0.247. The molecule has 0 saturated carbocycles. The molecule has 22 heavy (non-hydrogen) atoms. The Morgan fingerprint density at radius 1 is 0.727 bits per heavy atom. The molecule has 0 fully saturated rings. The summed E-state index contributed by atoms with van der Waals surface area (Å²) in [6, 6.07) is 23.6. The largest absolute Gasteiger partial charge is 0.291 e. The Morgan fingerprint density at radius 3 is 1.73 bits per heavy atom. The number of hydrogen-bond acceptors (Lipinski definition) is 2. The van der Waals surface area contributed by atoms with Gasteiger partial charge in [0.25, 0.3) is 0 Å². The Hall–Kier alpha value is -1.42. The van der Waals surface area contributed by atoms with Crippen LogP contribution < -0.4 is 0 Å². The summed E-state index contributed by atoms with van der Waals surface area (Å²) < 4.78 is 1.23. The maximum absolute atomic E-state index is 3.66. The third-order valence-corrected chi connectivity index (χ3v) is 5.40. The van der Waals surface area contributed by atoms with E-state index in [1.807, 2.05) is 0 Å². The monoisotopic (exact) mass is 371 g/mol. The van der Waals surface area contributed by atoms with Crippen molar-refractivity contribution in [3.05, 3.63) is 92.6 Å². The van der Waals surface area contributed by atoms with Gasteiger partial charge in [-0.2, -0.15) is 0 Å². The summed E-state index contributed by atoms with van der Waals surface area (Å²) in [7, 11) is 0. The first-order valence-corrected chi connectivity index (χ1v) is 9.00. The van der Waals surface area contributed by atoms with Gasteiger partial charge in [0, 0.05) is 19.6 Å². The first-order valence-electron chi connectivity index (χ1n) is 7.33. The maximum Gasteiger partial charge on any atom is 0.0743 e. The molecule has 3 rings (SSSR count). The lowest BCUT2D eigenvalue weighted by atomic mass is 10.1. The van der Waals surface area contributed by atoms with Crippen LogP contribution in [0.25, 0.3) is 0 Å². The Kier molecular flexibility index (Phi) is 5.43. The molecule has 1 aromatic heterocycles. The Labute approximate surface area is 144 Å². The number of rotatable bonds is 6. The second-order valence-corrected chi connectivity index (χ2v) is 7.57. The standard InChI is InChI=1S/C19H18BrNS/c20-19-18(11-12-22-19)15-21(13-16-7-3-1-4-8-16)14-17-9-5-2-6-10-17/h1-12H,13-15H2. The van der Waals surface area contributed by atoms with Gasteiger partial charge >= 0.3 is 0 Å². The zero-order valence-corrected chi connectivity index (χ0v) is 14.7. The lowest BCUT2D eigenvalue weighted by Crippen LogP contribution is -2.22. The van der Waals surface area contributed by atoms with E-state index in [0.717, 1.165) is 19.6 Å². The van der Waals surface area contributed by atoms with E-state index in [9.17, 15) is 0 Å². The van der Waals surface area contributed by atoms with Gasteiger partial charge in [0.2, 0.25) is 0 Å². The highest BCUT2D eigenvalue weighted by Gasteiger charge is 2.11. The molecule has 0 spiro atoms. The lowest BCUT2D eigenvalue weighted by Gasteiger charge is -2.22. The van der Waals surface area contributed by atoms with Crippen LogP contribution in [-0.2, 0) is 19.6 Å². The van der Waals surface area contributed by atoms with Gasteiger partial charge in [-0.15, -0.1) is 11.3 Å². The number of benzene rings is 2. The van der Waals surface area contributed by atoms with Crippen molar-refractivity contribution in [1.29, 1.82) is 0 Å². The summed E-state index contributed by atoms with van der Waals surface area (Å²) >= 11 is 5.41. The van der Waals surface area contributed by atoms with Crippen molar-refractivity contribution in [1.82, 2.24) is 4.90 Å². The quantitative estimate of drug-likeness (QED) is 0.535. The molecule has 0 N–H and O–H groups in total. The van der Waals surface area contributed by atoms with Crippen LogP contribution in [0.3, 0.4) is 0 Å². The summed E-state index contributed by atoms with van der Waals surface area (Å²) in [5.41, 5.74) is 4.06. The van der Waals surface area contributed by atoms with Gasteiger partial charge in [0.1, 0.15) is 0 Å². The van der Waals surface area contributed by atoms with Gasteiger partial charge in [-0.05, 0) is 44.1 Å². The van der Waals surface area contributed by atoms with Crippen molar-refractivity contribution in [3.8, 4) is 0 Å². The molecule has 0 radical (unpaired) electrons. The van der Waals surface area contributed by atoms with E-state index in [1.54, 1.807) is 11.3 Å². The predicted molar refractivity (Wildman–Crippen MR) is 97.9 cm³/mol. The number of halogens is 1. The maximum atomic E-state index is 3.66. The summed E-state index contributed by atoms with van der Waals surface area (Å²) in [5, 5.41) is 2.14. The van der Waals surface area contributed by atoms with Gasteiger partial charge in [-0.25, -0.2) is 0 Å². The van der Waals surface area contributed by atoms with Gasteiger partial charge < -0.3 is 0 Å². The summed E-state index contributed by atoms with van der Waals surface area (Å²) in [6.07, 6.45) is 0. The zero-order valence-electron chi connectivity index (χ0n) is 12.3.